The lowest BCUT2D eigenvalue weighted by atomic mass is 9.92. The van der Waals surface area contributed by atoms with Crippen LogP contribution in [0.2, 0.25) is 0 Å². The van der Waals surface area contributed by atoms with Crippen molar-refractivity contribution in [3.8, 4) is 0 Å². The Morgan fingerprint density at radius 1 is 1.24 bits per heavy atom. The summed E-state index contributed by atoms with van der Waals surface area (Å²) in [7, 11) is 0. The molecule has 25 heavy (non-hydrogen) atoms. The number of carbonyl (C=O) groups excluding carboxylic acids is 3. The SMILES string of the molecule is CC(C)CC[C@]1(C)NC(=O)N(CC(=O)NCCc2ccccc2)C1=O. The van der Waals surface area contributed by atoms with Gasteiger partial charge in [0.1, 0.15) is 12.1 Å². The molecule has 1 heterocycles. The Labute approximate surface area is 149 Å². The molecule has 0 radical (unpaired) electrons. The van der Waals surface area contributed by atoms with Crippen LogP contribution in [-0.2, 0) is 16.0 Å². The molecule has 1 atom stereocenters. The Bertz CT molecular complexity index is 630. The molecule has 1 aliphatic heterocycles. The first-order valence-corrected chi connectivity index (χ1v) is 8.76. The first kappa shape index (κ1) is 19.0. The van der Waals surface area contributed by atoms with Gasteiger partial charge in [0.25, 0.3) is 5.91 Å². The highest BCUT2D eigenvalue weighted by Crippen LogP contribution is 2.24. The average Bonchev–Trinajstić information content (AvgIpc) is 2.78. The molecule has 0 aromatic heterocycles. The molecule has 0 bridgehead atoms. The van der Waals surface area contributed by atoms with Crippen molar-refractivity contribution in [3.05, 3.63) is 35.9 Å². The van der Waals surface area contributed by atoms with E-state index in [0.717, 1.165) is 16.9 Å². The minimum atomic E-state index is -0.911. The topological polar surface area (TPSA) is 78.5 Å². The molecule has 0 saturated carbocycles. The predicted octanol–water partition coefficient (Wildman–Crippen LogP) is 2.09. The third-order valence-electron chi connectivity index (χ3n) is 4.45. The van der Waals surface area contributed by atoms with E-state index in [1.54, 1.807) is 6.92 Å². The largest absolute Gasteiger partial charge is 0.354 e. The van der Waals surface area contributed by atoms with Gasteiger partial charge < -0.3 is 10.6 Å². The zero-order valence-corrected chi connectivity index (χ0v) is 15.2. The fourth-order valence-electron chi connectivity index (χ4n) is 2.83. The third kappa shape index (κ3) is 5.05. The van der Waals surface area contributed by atoms with Gasteiger partial charge in [0, 0.05) is 6.54 Å². The highest BCUT2D eigenvalue weighted by molar-refractivity contribution is 6.08. The highest BCUT2D eigenvalue weighted by atomic mass is 16.2. The first-order valence-electron chi connectivity index (χ1n) is 8.76. The molecule has 1 aromatic rings. The Morgan fingerprint density at radius 2 is 1.92 bits per heavy atom. The summed E-state index contributed by atoms with van der Waals surface area (Å²) in [5, 5.41) is 5.49. The summed E-state index contributed by atoms with van der Waals surface area (Å²) < 4.78 is 0. The molecule has 2 N–H and O–H groups in total. The van der Waals surface area contributed by atoms with Crippen molar-refractivity contribution in [2.45, 2.75) is 45.6 Å². The maximum Gasteiger partial charge on any atom is 0.325 e. The molecule has 1 fully saturated rings. The summed E-state index contributed by atoms with van der Waals surface area (Å²) in [6.07, 6.45) is 2.11. The van der Waals surface area contributed by atoms with Gasteiger partial charge in [-0.3, -0.25) is 14.5 Å². The predicted molar refractivity (Wildman–Crippen MR) is 95.9 cm³/mol. The quantitative estimate of drug-likeness (QED) is 0.708. The summed E-state index contributed by atoms with van der Waals surface area (Å²) in [5.74, 6) is -0.208. The molecule has 0 unspecified atom stereocenters. The van der Waals surface area contributed by atoms with Gasteiger partial charge in [-0.1, -0.05) is 44.2 Å². The van der Waals surface area contributed by atoms with E-state index in [9.17, 15) is 14.4 Å². The number of nitrogens with one attached hydrogen (secondary N) is 2. The van der Waals surface area contributed by atoms with Crippen LogP contribution in [0.1, 0.15) is 39.2 Å². The van der Waals surface area contributed by atoms with Gasteiger partial charge in [0.15, 0.2) is 0 Å². The van der Waals surface area contributed by atoms with Gasteiger partial charge in [0.05, 0.1) is 0 Å². The second kappa shape index (κ2) is 8.14. The molecular weight excluding hydrogens is 318 g/mol. The lowest BCUT2D eigenvalue weighted by Gasteiger charge is -2.22. The molecular formula is C19H27N3O3. The van der Waals surface area contributed by atoms with Crippen molar-refractivity contribution in [1.82, 2.24) is 15.5 Å². The minimum absolute atomic E-state index is 0.239. The van der Waals surface area contributed by atoms with E-state index in [0.29, 0.717) is 25.3 Å². The average molecular weight is 345 g/mol. The van der Waals surface area contributed by atoms with E-state index in [1.165, 1.54) is 0 Å². The lowest BCUT2D eigenvalue weighted by molar-refractivity contribution is -0.134. The van der Waals surface area contributed by atoms with Gasteiger partial charge >= 0.3 is 6.03 Å². The first-order chi connectivity index (χ1) is 11.8. The standard InChI is InChI=1S/C19H27N3O3/c1-14(2)9-11-19(3)17(24)22(18(25)21-19)13-16(23)20-12-10-15-7-5-4-6-8-15/h4-8,14H,9-13H2,1-3H3,(H,20,23)(H,21,25)/t19-/m0/s1. The van der Waals surface area contributed by atoms with Crippen molar-refractivity contribution < 1.29 is 14.4 Å². The van der Waals surface area contributed by atoms with Gasteiger partial charge in [-0.05, 0) is 37.7 Å². The number of hydrogen-bond acceptors (Lipinski definition) is 3. The maximum absolute atomic E-state index is 12.5. The van der Waals surface area contributed by atoms with E-state index < -0.39 is 11.6 Å². The molecule has 0 spiro atoms. The Hall–Kier alpha value is -2.37. The minimum Gasteiger partial charge on any atom is -0.354 e. The van der Waals surface area contributed by atoms with Crippen molar-refractivity contribution in [3.63, 3.8) is 0 Å². The second-order valence-corrected chi connectivity index (χ2v) is 7.17. The fourth-order valence-corrected chi connectivity index (χ4v) is 2.83. The zero-order chi connectivity index (χ0) is 18.4. The maximum atomic E-state index is 12.5. The zero-order valence-electron chi connectivity index (χ0n) is 15.2. The molecule has 6 heteroatoms. The van der Waals surface area contributed by atoms with E-state index in [1.807, 2.05) is 30.3 Å². The van der Waals surface area contributed by atoms with Crippen LogP contribution in [0.4, 0.5) is 4.79 Å². The Morgan fingerprint density at radius 3 is 2.56 bits per heavy atom. The number of nitrogens with zero attached hydrogens (tertiary/aromatic N) is 1. The summed E-state index contributed by atoms with van der Waals surface area (Å²) in [4.78, 5) is 37.7. The molecule has 0 aliphatic carbocycles. The van der Waals surface area contributed by atoms with Gasteiger partial charge in [-0.15, -0.1) is 0 Å². The normalized spacial score (nSPS) is 20.1. The number of amides is 4. The molecule has 6 nitrogen and oxygen atoms in total. The van der Waals surface area contributed by atoms with Crippen LogP contribution in [0.15, 0.2) is 30.3 Å². The van der Waals surface area contributed by atoms with E-state index in [-0.39, 0.29) is 18.4 Å². The van der Waals surface area contributed by atoms with Crippen LogP contribution in [0, 0.1) is 5.92 Å². The van der Waals surface area contributed by atoms with Crippen LogP contribution < -0.4 is 10.6 Å². The van der Waals surface area contributed by atoms with Crippen LogP contribution in [-0.4, -0.2) is 41.4 Å². The van der Waals surface area contributed by atoms with Crippen LogP contribution >= 0.6 is 0 Å². The van der Waals surface area contributed by atoms with Crippen molar-refractivity contribution in [1.29, 1.82) is 0 Å². The van der Waals surface area contributed by atoms with E-state index >= 15 is 0 Å². The second-order valence-electron chi connectivity index (χ2n) is 7.17. The van der Waals surface area contributed by atoms with Crippen LogP contribution in [0.25, 0.3) is 0 Å². The lowest BCUT2D eigenvalue weighted by Crippen LogP contribution is -2.45. The monoisotopic (exact) mass is 345 g/mol. The molecule has 1 aliphatic rings. The summed E-state index contributed by atoms with van der Waals surface area (Å²) in [6.45, 7) is 6.10. The number of carbonyl (C=O) groups is 3. The van der Waals surface area contributed by atoms with Crippen molar-refractivity contribution in [2.24, 2.45) is 5.92 Å². The van der Waals surface area contributed by atoms with Crippen molar-refractivity contribution in [2.75, 3.05) is 13.1 Å². The number of rotatable bonds is 8. The summed E-state index contributed by atoms with van der Waals surface area (Å²) in [5.41, 5.74) is 0.213. The Balaban J connectivity index is 1.83. The summed E-state index contributed by atoms with van der Waals surface area (Å²) in [6, 6.07) is 9.32. The highest BCUT2D eigenvalue weighted by Gasteiger charge is 2.47. The molecule has 2 rings (SSSR count). The van der Waals surface area contributed by atoms with Gasteiger partial charge in [-0.2, -0.15) is 0 Å². The molecule has 136 valence electrons. The molecule has 1 saturated heterocycles. The van der Waals surface area contributed by atoms with Crippen LogP contribution in [0.3, 0.4) is 0 Å². The fraction of sp³-hybridized carbons (Fsp3) is 0.526. The summed E-state index contributed by atoms with van der Waals surface area (Å²) >= 11 is 0. The Kier molecular flexibility index (Phi) is 6.17. The third-order valence-corrected chi connectivity index (χ3v) is 4.45. The van der Waals surface area contributed by atoms with Crippen LogP contribution in [0.5, 0.6) is 0 Å². The van der Waals surface area contributed by atoms with E-state index in [2.05, 4.69) is 24.5 Å². The number of urea groups is 1. The molecule has 4 amide bonds. The number of imide groups is 1. The molecule has 1 aromatic carbocycles. The number of benzene rings is 1. The smallest absolute Gasteiger partial charge is 0.325 e. The van der Waals surface area contributed by atoms with Crippen molar-refractivity contribution >= 4 is 17.8 Å². The van der Waals surface area contributed by atoms with E-state index in [4.69, 9.17) is 0 Å². The van der Waals surface area contributed by atoms with Gasteiger partial charge in [-0.25, -0.2) is 4.79 Å². The van der Waals surface area contributed by atoms with Gasteiger partial charge in [0.2, 0.25) is 5.91 Å². The number of hydrogen-bond donors (Lipinski definition) is 2.